The summed E-state index contributed by atoms with van der Waals surface area (Å²) in [6.07, 6.45) is -0.482. The van der Waals surface area contributed by atoms with Gasteiger partial charge in [-0.1, -0.05) is 6.07 Å². The summed E-state index contributed by atoms with van der Waals surface area (Å²) in [6.45, 7) is 5.75. The predicted octanol–water partition coefficient (Wildman–Crippen LogP) is 1.94. The van der Waals surface area contributed by atoms with E-state index in [0.29, 0.717) is 5.69 Å². The Morgan fingerprint density at radius 1 is 1.25 bits per heavy atom. The SMILES string of the molecule is Cc1cc(N)c(C(C)O)cc1C. The largest absolute Gasteiger partial charge is 0.398 e. The van der Waals surface area contributed by atoms with E-state index in [1.165, 1.54) is 5.56 Å². The normalized spacial score (nSPS) is 13.0. The molecule has 3 N–H and O–H groups in total. The molecule has 1 unspecified atom stereocenters. The summed E-state index contributed by atoms with van der Waals surface area (Å²) in [5.74, 6) is 0. The van der Waals surface area contributed by atoms with Gasteiger partial charge in [-0.15, -0.1) is 0 Å². The lowest BCUT2D eigenvalue weighted by molar-refractivity contribution is 0.200. The van der Waals surface area contributed by atoms with Crippen LogP contribution in [0.5, 0.6) is 0 Å². The fourth-order valence-corrected chi connectivity index (χ4v) is 1.22. The highest BCUT2D eigenvalue weighted by molar-refractivity contribution is 5.52. The minimum absolute atomic E-state index is 0.482. The van der Waals surface area contributed by atoms with Gasteiger partial charge in [0.05, 0.1) is 6.10 Å². The lowest BCUT2D eigenvalue weighted by atomic mass is 10.0. The van der Waals surface area contributed by atoms with Gasteiger partial charge in [0.2, 0.25) is 0 Å². The molecule has 0 saturated carbocycles. The summed E-state index contributed by atoms with van der Waals surface area (Å²) < 4.78 is 0. The van der Waals surface area contributed by atoms with Crippen molar-refractivity contribution in [1.82, 2.24) is 0 Å². The number of hydrogen-bond donors (Lipinski definition) is 2. The van der Waals surface area contributed by atoms with Crippen LogP contribution in [0, 0.1) is 13.8 Å². The Kier molecular flexibility index (Phi) is 2.38. The van der Waals surface area contributed by atoms with Crippen molar-refractivity contribution in [2.24, 2.45) is 0 Å². The van der Waals surface area contributed by atoms with Gasteiger partial charge in [0, 0.05) is 11.3 Å². The summed E-state index contributed by atoms with van der Waals surface area (Å²) in [5.41, 5.74) is 9.55. The van der Waals surface area contributed by atoms with E-state index in [2.05, 4.69) is 0 Å². The van der Waals surface area contributed by atoms with E-state index in [1.807, 2.05) is 26.0 Å². The van der Waals surface area contributed by atoms with Crippen molar-refractivity contribution >= 4 is 5.69 Å². The van der Waals surface area contributed by atoms with Gasteiger partial charge < -0.3 is 10.8 Å². The summed E-state index contributed by atoms with van der Waals surface area (Å²) >= 11 is 0. The number of hydrogen-bond acceptors (Lipinski definition) is 2. The van der Waals surface area contributed by atoms with Crippen LogP contribution >= 0.6 is 0 Å². The van der Waals surface area contributed by atoms with Crippen LogP contribution < -0.4 is 5.73 Å². The summed E-state index contributed by atoms with van der Waals surface area (Å²) in [5, 5.41) is 9.34. The van der Waals surface area contributed by atoms with Gasteiger partial charge in [0.15, 0.2) is 0 Å². The minimum atomic E-state index is -0.482. The van der Waals surface area contributed by atoms with Crippen LogP contribution in [0.2, 0.25) is 0 Å². The van der Waals surface area contributed by atoms with Gasteiger partial charge in [-0.25, -0.2) is 0 Å². The van der Waals surface area contributed by atoms with E-state index in [0.717, 1.165) is 11.1 Å². The van der Waals surface area contributed by atoms with E-state index in [-0.39, 0.29) is 0 Å². The monoisotopic (exact) mass is 165 g/mol. The van der Waals surface area contributed by atoms with Crippen LogP contribution in [0.15, 0.2) is 12.1 Å². The lowest BCUT2D eigenvalue weighted by Crippen LogP contribution is -2.00. The van der Waals surface area contributed by atoms with E-state index >= 15 is 0 Å². The van der Waals surface area contributed by atoms with Gasteiger partial charge >= 0.3 is 0 Å². The molecule has 0 radical (unpaired) electrons. The first kappa shape index (κ1) is 9.07. The summed E-state index contributed by atoms with van der Waals surface area (Å²) in [7, 11) is 0. The van der Waals surface area contributed by atoms with Crippen molar-refractivity contribution < 1.29 is 5.11 Å². The molecule has 1 atom stereocenters. The van der Waals surface area contributed by atoms with Crippen molar-refractivity contribution in [2.45, 2.75) is 26.9 Å². The molecule has 1 rings (SSSR count). The fourth-order valence-electron chi connectivity index (χ4n) is 1.22. The zero-order chi connectivity index (χ0) is 9.30. The zero-order valence-electron chi connectivity index (χ0n) is 7.76. The second-order valence-corrected chi connectivity index (χ2v) is 3.24. The maximum Gasteiger partial charge on any atom is 0.0781 e. The average molecular weight is 165 g/mol. The minimum Gasteiger partial charge on any atom is -0.398 e. The molecule has 0 bridgehead atoms. The van der Waals surface area contributed by atoms with Crippen LogP contribution in [0.4, 0.5) is 5.69 Å². The maximum atomic E-state index is 9.34. The average Bonchev–Trinajstić information content (AvgIpc) is 1.96. The third-order valence-electron chi connectivity index (χ3n) is 2.15. The van der Waals surface area contributed by atoms with E-state index in [4.69, 9.17) is 5.73 Å². The number of anilines is 1. The first-order valence-electron chi connectivity index (χ1n) is 4.07. The smallest absolute Gasteiger partial charge is 0.0781 e. The number of nitrogen functional groups attached to an aromatic ring is 1. The standard InChI is InChI=1S/C10H15NO/c1-6-4-9(8(3)12)10(11)5-7(6)2/h4-5,8,12H,11H2,1-3H3. The Hall–Kier alpha value is -1.02. The van der Waals surface area contributed by atoms with Crippen LogP contribution in [-0.4, -0.2) is 5.11 Å². The molecule has 1 aromatic carbocycles. The number of benzene rings is 1. The topological polar surface area (TPSA) is 46.2 Å². The van der Waals surface area contributed by atoms with Gasteiger partial charge in [-0.05, 0) is 38.0 Å². The molecule has 12 heavy (non-hydrogen) atoms. The highest BCUT2D eigenvalue weighted by Gasteiger charge is 2.06. The third kappa shape index (κ3) is 1.59. The van der Waals surface area contributed by atoms with Gasteiger partial charge in [0.1, 0.15) is 0 Å². The molecular weight excluding hydrogens is 150 g/mol. The molecule has 0 aliphatic heterocycles. The van der Waals surface area contributed by atoms with Crippen LogP contribution in [0.25, 0.3) is 0 Å². The van der Waals surface area contributed by atoms with Crippen molar-refractivity contribution in [3.05, 3.63) is 28.8 Å². The van der Waals surface area contributed by atoms with Crippen molar-refractivity contribution in [1.29, 1.82) is 0 Å². The number of nitrogens with two attached hydrogens (primary N) is 1. The van der Waals surface area contributed by atoms with E-state index in [1.54, 1.807) is 6.92 Å². The first-order valence-corrected chi connectivity index (χ1v) is 4.07. The molecule has 2 heteroatoms. The molecule has 0 fully saturated rings. The molecule has 1 aromatic rings. The number of aryl methyl sites for hydroxylation is 2. The fraction of sp³-hybridized carbons (Fsp3) is 0.400. The Bertz CT molecular complexity index is 292. The van der Waals surface area contributed by atoms with Gasteiger partial charge in [-0.3, -0.25) is 0 Å². The third-order valence-corrected chi connectivity index (χ3v) is 2.15. The maximum absolute atomic E-state index is 9.34. The number of aliphatic hydroxyl groups is 1. The van der Waals surface area contributed by atoms with Crippen molar-refractivity contribution in [2.75, 3.05) is 5.73 Å². The predicted molar refractivity (Wildman–Crippen MR) is 51.0 cm³/mol. The van der Waals surface area contributed by atoms with Gasteiger partial charge in [-0.2, -0.15) is 0 Å². The highest BCUT2D eigenvalue weighted by Crippen LogP contribution is 2.23. The Balaban J connectivity index is 3.23. The Morgan fingerprint density at radius 3 is 2.25 bits per heavy atom. The number of aliphatic hydroxyl groups excluding tert-OH is 1. The Morgan fingerprint density at radius 2 is 1.75 bits per heavy atom. The van der Waals surface area contributed by atoms with Crippen molar-refractivity contribution in [3.8, 4) is 0 Å². The van der Waals surface area contributed by atoms with Crippen molar-refractivity contribution in [3.63, 3.8) is 0 Å². The molecule has 0 aliphatic carbocycles. The Labute approximate surface area is 73.0 Å². The molecule has 0 heterocycles. The molecule has 0 aliphatic rings. The quantitative estimate of drug-likeness (QED) is 0.625. The highest BCUT2D eigenvalue weighted by atomic mass is 16.3. The molecule has 0 saturated heterocycles. The molecule has 0 aromatic heterocycles. The zero-order valence-corrected chi connectivity index (χ0v) is 7.76. The summed E-state index contributed by atoms with van der Waals surface area (Å²) in [4.78, 5) is 0. The lowest BCUT2D eigenvalue weighted by Gasteiger charge is -2.11. The second-order valence-electron chi connectivity index (χ2n) is 3.24. The van der Waals surface area contributed by atoms with Crippen LogP contribution in [0.3, 0.4) is 0 Å². The molecular formula is C10H15NO. The first-order chi connectivity index (χ1) is 5.52. The van der Waals surface area contributed by atoms with Crippen LogP contribution in [-0.2, 0) is 0 Å². The molecule has 0 spiro atoms. The van der Waals surface area contributed by atoms with E-state index < -0.39 is 6.10 Å². The van der Waals surface area contributed by atoms with Crippen LogP contribution in [0.1, 0.15) is 29.7 Å². The number of rotatable bonds is 1. The summed E-state index contributed by atoms with van der Waals surface area (Å²) in [6, 6.07) is 3.84. The van der Waals surface area contributed by atoms with E-state index in [9.17, 15) is 5.11 Å². The molecule has 66 valence electrons. The molecule has 0 amide bonds. The molecule has 2 nitrogen and oxygen atoms in total. The second kappa shape index (κ2) is 3.15. The van der Waals surface area contributed by atoms with Gasteiger partial charge in [0.25, 0.3) is 0 Å².